The summed E-state index contributed by atoms with van der Waals surface area (Å²) >= 11 is 0. The van der Waals surface area contributed by atoms with Crippen molar-refractivity contribution in [2.24, 2.45) is 0 Å². The predicted octanol–water partition coefficient (Wildman–Crippen LogP) is -0.896. The molecule has 1 aromatic rings. The third kappa shape index (κ3) is 1.34. The second-order valence-corrected chi connectivity index (χ2v) is 4.38. The van der Waals surface area contributed by atoms with E-state index in [2.05, 4.69) is 10.3 Å². The molecule has 0 amide bonds. The number of hydrogen-bond donors (Lipinski definition) is 2. The fraction of sp³-hybridized carbons (Fsp3) is 0.600. The fourth-order valence-corrected chi connectivity index (χ4v) is 2.38. The highest BCUT2D eigenvalue weighted by molar-refractivity contribution is 5.04. The molecule has 6 nitrogen and oxygen atoms in total. The van der Waals surface area contributed by atoms with E-state index in [1.807, 2.05) is 0 Å². The van der Waals surface area contributed by atoms with Gasteiger partial charge in [-0.3, -0.25) is 14.3 Å². The molecule has 2 N–H and O–H groups in total. The van der Waals surface area contributed by atoms with Crippen molar-refractivity contribution in [3.63, 3.8) is 0 Å². The maximum Gasteiger partial charge on any atom is 0.330 e. The minimum Gasteiger partial charge on any atom is -0.352 e. The lowest BCUT2D eigenvalue weighted by molar-refractivity contribution is -0.0306. The molecule has 0 aliphatic carbocycles. The minimum atomic E-state index is -0.407. The molecule has 3 rings (SSSR count). The van der Waals surface area contributed by atoms with Gasteiger partial charge in [0, 0.05) is 18.3 Å². The first-order chi connectivity index (χ1) is 7.65. The number of aromatic amines is 1. The van der Waals surface area contributed by atoms with Crippen LogP contribution in [0.15, 0.2) is 15.8 Å². The maximum atomic E-state index is 11.7. The van der Waals surface area contributed by atoms with Crippen LogP contribution in [0.1, 0.15) is 18.2 Å². The van der Waals surface area contributed by atoms with Gasteiger partial charge in [0.2, 0.25) is 0 Å². The van der Waals surface area contributed by atoms with Crippen LogP contribution in [-0.2, 0) is 4.74 Å². The Balaban J connectivity index is 2.04. The smallest absolute Gasteiger partial charge is 0.330 e. The van der Waals surface area contributed by atoms with Crippen LogP contribution in [0.5, 0.6) is 0 Å². The second kappa shape index (κ2) is 3.29. The lowest BCUT2D eigenvalue weighted by atomic mass is 10.2. The van der Waals surface area contributed by atoms with E-state index >= 15 is 0 Å². The molecule has 2 bridgehead atoms. The van der Waals surface area contributed by atoms with Crippen LogP contribution in [-0.4, -0.2) is 28.2 Å². The van der Waals surface area contributed by atoms with Gasteiger partial charge in [-0.15, -0.1) is 0 Å². The summed E-state index contributed by atoms with van der Waals surface area (Å²) in [5, 5.41) is 3.29. The third-order valence-corrected chi connectivity index (χ3v) is 3.22. The summed E-state index contributed by atoms with van der Waals surface area (Å²) in [6, 6.07) is 0.174. The van der Waals surface area contributed by atoms with Gasteiger partial charge in [0.15, 0.2) is 6.23 Å². The molecule has 0 radical (unpaired) electrons. The summed E-state index contributed by atoms with van der Waals surface area (Å²) < 4.78 is 7.17. The van der Waals surface area contributed by atoms with E-state index in [1.165, 1.54) is 4.57 Å². The highest BCUT2D eigenvalue weighted by Crippen LogP contribution is 2.31. The first-order valence-electron chi connectivity index (χ1n) is 5.36. The van der Waals surface area contributed by atoms with Crippen molar-refractivity contribution in [3.8, 4) is 0 Å². The van der Waals surface area contributed by atoms with E-state index in [0.29, 0.717) is 5.56 Å². The molecule has 0 spiro atoms. The molecule has 2 aliphatic heterocycles. The fourth-order valence-electron chi connectivity index (χ4n) is 2.38. The van der Waals surface area contributed by atoms with Crippen LogP contribution >= 0.6 is 0 Å². The van der Waals surface area contributed by atoms with Gasteiger partial charge in [-0.05, 0) is 13.3 Å². The van der Waals surface area contributed by atoms with Crippen LogP contribution < -0.4 is 16.6 Å². The van der Waals surface area contributed by atoms with Gasteiger partial charge in [0.1, 0.15) is 0 Å². The van der Waals surface area contributed by atoms with Crippen LogP contribution in [0.2, 0.25) is 0 Å². The number of ether oxygens (including phenoxy) is 1. The second-order valence-electron chi connectivity index (χ2n) is 4.38. The van der Waals surface area contributed by atoms with E-state index in [-0.39, 0.29) is 23.9 Å². The van der Waals surface area contributed by atoms with Crippen LogP contribution in [0.4, 0.5) is 0 Å². The Kier molecular flexibility index (Phi) is 2.02. The van der Waals surface area contributed by atoms with E-state index in [9.17, 15) is 9.59 Å². The molecular formula is C10H13N3O3. The summed E-state index contributed by atoms with van der Waals surface area (Å²) in [5.74, 6) is 0. The normalized spacial score (nSPS) is 32.2. The largest absolute Gasteiger partial charge is 0.352 e. The number of morpholine rings is 1. The van der Waals surface area contributed by atoms with Gasteiger partial charge in [-0.25, -0.2) is 4.79 Å². The number of hydrogen-bond acceptors (Lipinski definition) is 4. The average Bonchev–Trinajstić information content (AvgIpc) is 2.84. The molecular weight excluding hydrogens is 210 g/mol. The zero-order valence-electron chi connectivity index (χ0n) is 8.90. The van der Waals surface area contributed by atoms with Crippen molar-refractivity contribution < 1.29 is 4.74 Å². The molecule has 0 saturated carbocycles. The molecule has 86 valence electrons. The van der Waals surface area contributed by atoms with Crippen LogP contribution in [0, 0.1) is 6.92 Å². The number of aryl methyl sites for hydroxylation is 1. The van der Waals surface area contributed by atoms with Gasteiger partial charge in [0.25, 0.3) is 5.56 Å². The molecule has 0 aromatic carbocycles. The summed E-state index contributed by atoms with van der Waals surface area (Å²) in [4.78, 5) is 25.2. The summed E-state index contributed by atoms with van der Waals surface area (Å²) in [5.41, 5.74) is -0.224. The van der Waals surface area contributed by atoms with Crippen molar-refractivity contribution >= 4 is 0 Å². The van der Waals surface area contributed by atoms with E-state index in [1.54, 1.807) is 13.1 Å². The first kappa shape index (κ1) is 9.80. The van der Waals surface area contributed by atoms with Crippen molar-refractivity contribution in [1.29, 1.82) is 0 Å². The van der Waals surface area contributed by atoms with Gasteiger partial charge in [-0.2, -0.15) is 0 Å². The Bertz CT molecular complexity index is 533. The van der Waals surface area contributed by atoms with Gasteiger partial charge < -0.3 is 10.1 Å². The molecule has 6 heteroatoms. The van der Waals surface area contributed by atoms with E-state index < -0.39 is 5.69 Å². The van der Waals surface area contributed by atoms with Crippen molar-refractivity contribution in [3.05, 3.63) is 32.6 Å². The zero-order valence-corrected chi connectivity index (χ0v) is 8.90. The Hall–Kier alpha value is -1.40. The number of rotatable bonds is 1. The van der Waals surface area contributed by atoms with Crippen molar-refractivity contribution in [1.82, 2.24) is 14.9 Å². The topological polar surface area (TPSA) is 76.1 Å². The van der Waals surface area contributed by atoms with E-state index in [4.69, 9.17) is 4.74 Å². The number of fused-ring (bicyclic) bond motifs is 2. The highest BCUT2D eigenvalue weighted by Gasteiger charge is 2.41. The van der Waals surface area contributed by atoms with Gasteiger partial charge in [0.05, 0.1) is 12.1 Å². The van der Waals surface area contributed by atoms with Gasteiger partial charge in [-0.1, -0.05) is 0 Å². The summed E-state index contributed by atoms with van der Waals surface area (Å²) in [7, 11) is 0. The number of aromatic nitrogens is 2. The lowest BCUT2D eigenvalue weighted by Crippen LogP contribution is -2.43. The van der Waals surface area contributed by atoms with Gasteiger partial charge >= 0.3 is 5.69 Å². The Labute approximate surface area is 91.2 Å². The van der Waals surface area contributed by atoms with Crippen molar-refractivity contribution in [2.75, 3.05) is 6.54 Å². The molecule has 3 unspecified atom stereocenters. The Morgan fingerprint density at radius 3 is 2.94 bits per heavy atom. The Morgan fingerprint density at radius 2 is 2.31 bits per heavy atom. The molecule has 2 fully saturated rings. The third-order valence-electron chi connectivity index (χ3n) is 3.22. The average molecular weight is 223 g/mol. The number of H-pyrrole nitrogens is 1. The minimum absolute atomic E-state index is 0.174. The van der Waals surface area contributed by atoms with Crippen LogP contribution in [0.25, 0.3) is 0 Å². The maximum absolute atomic E-state index is 11.7. The van der Waals surface area contributed by atoms with E-state index in [0.717, 1.165) is 13.0 Å². The molecule has 2 saturated heterocycles. The number of nitrogens with zero attached hydrogens (tertiary/aromatic N) is 1. The molecule has 3 atom stereocenters. The first-order valence-corrected chi connectivity index (χ1v) is 5.36. The molecule has 16 heavy (non-hydrogen) atoms. The predicted molar refractivity (Wildman–Crippen MR) is 56.4 cm³/mol. The Morgan fingerprint density at radius 1 is 1.50 bits per heavy atom. The summed E-state index contributed by atoms with van der Waals surface area (Å²) in [6.07, 6.45) is 2.39. The monoisotopic (exact) mass is 223 g/mol. The SMILES string of the molecule is Cc1cn(C2OC3CNC2C3)c(=O)[nH]c1=O. The quantitative estimate of drug-likeness (QED) is 0.647. The zero-order chi connectivity index (χ0) is 11.3. The number of nitrogens with one attached hydrogen (secondary N) is 2. The summed E-state index contributed by atoms with van der Waals surface area (Å²) in [6.45, 7) is 2.52. The lowest BCUT2D eigenvalue weighted by Gasteiger charge is -2.24. The van der Waals surface area contributed by atoms with Crippen LogP contribution in [0.3, 0.4) is 0 Å². The molecule has 2 aliphatic rings. The van der Waals surface area contributed by atoms with Crippen molar-refractivity contribution in [2.45, 2.75) is 31.7 Å². The highest BCUT2D eigenvalue weighted by atomic mass is 16.5. The standard InChI is InChI=1S/C10H13N3O3/c1-5-4-13(10(15)12-8(5)14)9-7-2-6(16-9)3-11-7/h4,6-7,9,11H,2-3H2,1H3,(H,12,14,15). The molecule has 3 heterocycles. The molecule has 1 aromatic heterocycles.